The molecule has 1 unspecified atom stereocenters. The lowest BCUT2D eigenvalue weighted by molar-refractivity contribution is -0.145. The van der Waals surface area contributed by atoms with Gasteiger partial charge in [0.2, 0.25) is 5.91 Å². The zero-order valence-corrected chi connectivity index (χ0v) is 16.2. The number of rotatable bonds is 5. The van der Waals surface area contributed by atoms with Crippen LogP contribution in [0.15, 0.2) is 54.7 Å². The quantitative estimate of drug-likeness (QED) is 0.804. The van der Waals surface area contributed by atoms with Gasteiger partial charge in [-0.1, -0.05) is 36.4 Å². The number of amides is 2. The third-order valence-electron chi connectivity index (χ3n) is 6.09. The minimum absolute atomic E-state index is 0.0634. The molecule has 1 spiro atoms. The minimum Gasteiger partial charge on any atom is -0.342 e. The van der Waals surface area contributed by atoms with Crippen LogP contribution in [-0.4, -0.2) is 52.8 Å². The van der Waals surface area contributed by atoms with Crippen molar-refractivity contribution in [3.63, 3.8) is 0 Å². The number of carbonyl (C=O) groups excluding carboxylic acids is 2. The molecule has 2 aromatic rings. The van der Waals surface area contributed by atoms with E-state index in [0.29, 0.717) is 18.8 Å². The lowest BCUT2D eigenvalue weighted by Gasteiger charge is -2.39. The Labute approximate surface area is 166 Å². The van der Waals surface area contributed by atoms with Crippen molar-refractivity contribution < 1.29 is 9.59 Å². The summed E-state index contributed by atoms with van der Waals surface area (Å²) in [5.41, 5.74) is 1.38. The van der Waals surface area contributed by atoms with Gasteiger partial charge in [-0.25, -0.2) is 0 Å². The number of likely N-dealkylation sites (tertiary alicyclic amines) is 2. The molecule has 146 valence electrons. The number of piperidine rings is 1. The van der Waals surface area contributed by atoms with Gasteiger partial charge >= 0.3 is 0 Å². The van der Waals surface area contributed by atoms with Crippen LogP contribution in [0.1, 0.15) is 41.7 Å². The van der Waals surface area contributed by atoms with E-state index in [-0.39, 0.29) is 11.8 Å². The van der Waals surface area contributed by atoms with Gasteiger partial charge in [0.15, 0.2) is 0 Å². The molecule has 2 aliphatic rings. The van der Waals surface area contributed by atoms with Crippen LogP contribution >= 0.6 is 0 Å². The van der Waals surface area contributed by atoms with E-state index in [1.165, 1.54) is 5.56 Å². The highest BCUT2D eigenvalue weighted by Gasteiger charge is 2.49. The summed E-state index contributed by atoms with van der Waals surface area (Å²) >= 11 is 0. The molecule has 5 nitrogen and oxygen atoms in total. The number of carbonyl (C=O) groups is 2. The van der Waals surface area contributed by atoms with Crippen LogP contribution in [0.5, 0.6) is 0 Å². The molecule has 28 heavy (non-hydrogen) atoms. The fourth-order valence-electron chi connectivity index (χ4n) is 4.56. The normalized spacial score (nSPS) is 22.1. The molecular weight excluding hydrogens is 350 g/mol. The van der Waals surface area contributed by atoms with Crippen molar-refractivity contribution in [3.8, 4) is 0 Å². The van der Waals surface area contributed by atoms with Crippen molar-refractivity contribution in [1.82, 2.24) is 14.8 Å². The molecule has 2 fully saturated rings. The molecule has 3 heterocycles. The highest BCUT2D eigenvalue weighted by Crippen LogP contribution is 2.40. The maximum absolute atomic E-state index is 13.3. The van der Waals surface area contributed by atoms with Gasteiger partial charge in [0.1, 0.15) is 5.69 Å². The number of aromatic nitrogens is 1. The first-order chi connectivity index (χ1) is 13.7. The maximum Gasteiger partial charge on any atom is 0.272 e. The van der Waals surface area contributed by atoms with Crippen LogP contribution in [0.3, 0.4) is 0 Å². The highest BCUT2D eigenvalue weighted by molar-refractivity contribution is 5.93. The van der Waals surface area contributed by atoms with Crippen LogP contribution in [-0.2, 0) is 11.2 Å². The van der Waals surface area contributed by atoms with Gasteiger partial charge in [-0.2, -0.15) is 0 Å². The lowest BCUT2D eigenvalue weighted by Crippen LogP contribution is -2.50. The number of hydrogen-bond donors (Lipinski definition) is 0. The summed E-state index contributed by atoms with van der Waals surface area (Å²) < 4.78 is 0. The first kappa shape index (κ1) is 18.7. The minimum atomic E-state index is -0.393. The molecule has 0 N–H and O–H groups in total. The highest BCUT2D eigenvalue weighted by atomic mass is 16.2. The van der Waals surface area contributed by atoms with E-state index in [9.17, 15) is 9.59 Å². The van der Waals surface area contributed by atoms with Crippen LogP contribution in [0.2, 0.25) is 0 Å². The molecule has 0 radical (unpaired) electrons. The van der Waals surface area contributed by atoms with Gasteiger partial charge in [-0.15, -0.1) is 0 Å². The van der Waals surface area contributed by atoms with Crippen molar-refractivity contribution in [1.29, 1.82) is 0 Å². The van der Waals surface area contributed by atoms with Crippen molar-refractivity contribution >= 4 is 11.8 Å². The SMILES string of the molecule is O=C(c1ccccn1)N1CCC2(CCCN(CCCc3ccccc3)C2=O)C1. The Bertz CT molecular complexity index is 824. The Morgan fingerprint density at radius 1 is 1.04 bits per heavy atom. The second-order valence-corrected chi connectivity index (χ2v) is 7.96. The van der Waals surface area contributed by atoms with Crippen molar-refractivity contribution in [2.45, 2.75) is 32.1 Å². The molecule has 0 aliphatic carbocycles. The monoisotopic (exact) mass is 377 g/mol. The number of nitrogens with zero attached hydrogens (tertiary/aromatic N) is 3. The average Bonchev–Trinajstić information content (AvgIpc) is 3.17. The van der Waals surface area contributed by atoms with E-state index < -0.39 is 5.41 Å². The summed E-state index contributed by atoms with van der Waals surface area (Å²) in [4.78, 5) is 34.0. The van der Waals surface area contributed by atoms with E-state index in [2.05, 4.69) is 29.2 Å². The fraction of sp³-hybridized carbons (Fsp3) is 0.435. The predicted molar refractivity (Wildman–Crippen MR) is 108 cm³/mol. The van der Waals surface area contributed by atoms with Crippen LogP contribution < -0.4 is 0 Å². The summed E-state index contributed by atoms with van der Waals surface area (Å²) in [6.07, 6.45) is 6.26. The number of benzene rings is 1. The van der Waals surface area contributed by atoms with Crippen LogP contribution in [0, 0.1) is 5.41 Å². The Kier molecular flexibility index (Phi) is 5.42. The molecule has 2 aliphatic heterocycles. The summed E-state index contributed by atoms with van der Waals surface area (Å²) in [5.74, 6) is 0.176. The third kappa shape index (κ3) is 3.79. The molecule has 1 aromatic carbocycles. The zero-order valence-electron chi connectivity index (χ0n) is 16.2. The molecule has 1 aromatic heterocycles. The predicted octanol–water partition coefficient (Wildman–Crippen LogP) is 3.17. The van der Waals surface area contributed by atoms with Gasteiger partial charge in [-0.05, 0) is 49.8 Å². The second-order valence-electron chi connectivity index (χ2n) is 7.96. The molecular formula is C23H27N3O2. The Morgan fingerprint density at radius 3 is 2.64 bits per heavy atom. The smallest absolute Gasteiger partial charge is 0.272 e. The first-order valence-corrected chi connectivity index (χ1v) is 10.2. The van der Waals surface area contributed by atoms with Crippen molar-refractivity contribution in [2.75, 3.05) is 26.2 Å². The topological polar surface area (TPSA) is 53.5 Å². The van der Waals surface area contributed by atoms with E-state index in [0.717, 1.165) is 45.2 Å². The summed E-state index contributed by atoms with van der Waals surface area (Å²) in [5, 5.41) is 0. The maximum atomic E-state index is 13.3. The number of aryl methyl sites for hydroxylation is 1. The number of pyridine rings is 1. The summed E-state index contributed by atoms with van der Waals surface area (Å²) in [6, 6.07) is 15.8. The molecule has 1 atom stereocenters. The summed E-state index contributed by atoms with van der Waals surface area (Å²) in [7, 11) is 0. The average molecular weight is 377 g/mol. The van der Waals surface area contributed by atoms with Gasteiger partial charge in [0, 0.05) is 32.4 Å². The Balaban J connectivity index is 1.37. The van der Waals surface area contributed by atoms with Gasteiger partial charge in [-0.3, -0.25) is 14.6 Å². The summed E-state index contributed by atoms with van der Waals surface area (Å²) in [6.45, 7) is 2.79. The number of hydrogen-bond acceptors (Lipinski definition) is 3. The lowest BCUT2D eigenvalue weighted by atomic mass is 9.78. The molecule has 5 heteroatoms. The van der Waals surface area contributed by atoms with Gasteiger partial charge in [0.25, 0.3) is 5.91 Å². The Morgan fingerprint density at radius 2 is 1.86 bits per heavy atom. The van der Waals surface area contributed by atoms with E-state index in [4.69, 9.17) is 0 Å². The molecule has 2 amide bonds. The van der Waals surface area contributed by atoms with Crippen LogP contribution in [0.4, 0.5) is 0 Å². The van der Waals surface area contributed by atoms with E-state index >= 15 is 0 Å². The van der Waals surface area contributed by atoms with Crippen molar-refractivity contribution in [2.24, 2.45) is 5.41 Å². The zero-order chi connectivity index (χ0) is 19.4. The standard InChI is InChI=1S/C23H27N3O2/c27-21(20-11-4-5-14-24-20)26-17-13-23(18-26)12-7-16-25(22(23)28)15-6-10-19-8-2-1-3-9-19/h1-5,8-9,11,14H,6-7,10,12-13,15-18H2. The molecule has 0 bridgehead atoms. The fourth-order valence-corrected chi connectivity index (χ4v) is 4.56. The molecule has 0 saturated carbocycles. The third-order valence-corrected chi connectivity index (χ3v) is 6.09. The van der Waals surface area contributed by atoms with E-state index in [1.54, 1.807) is 18.3 Å². The Hall–Kier alpha value is -2.69. The molecule has 4 rings (SSSR count). The largest absolute Gasteiger partial charge is 0.342 e. The van der Waals surface area contributed by atoms with Crippen LogP contribution in [0.25, 0.3) is 0 Å². The molecule has 2 saturated heterocycles. The van der Waals surface area contributed by atoms with Gasteiger partial charge < -0.3 is 9.80 Å². The van der Waals surface area contributed by atoms with E-state index in [1.807, 2.05) is 21.9 Å². The second kappa shape index (κ2) is 8.13. The van der Waals surface area contributed by atoms with Crippen molar-refractivity contribution in [3.05, 3.63) is 66.0 Å². The first-order valence-electron chi connectivity index (χ1n) is 10.2. The van der Waals surface area contributed by atoms with Gasteiger partial charge in [0.05, 0.1) is 5.41 Å².